The van der Waals surface area contributed by atoms with E-state index in [1.807, 2.05) is 30.3 Å². The van der Waals surface area contributed by atoms with Crippen LogP contribution in [0.1, 0.15) is 18.5 Å². The zero-order valence-corrected chi connectivity index (χ0v) is 19.5. The largest absolute Gasteiger partial charge is 0.390 e. The quantitative estimate of drug-likeness (QED) is 0.259. The van der Waals surface area contributed by atoms with E-state index in [4.69, 9.17) is 15.6 Å². The average molecular weight is 475 g/mol. The van der Waals surface area contributed by atoms with E-state index in [1.165, 1.54) is 31.0 Å². The van der Waals surface area contributed by atoms with Gasteiger partial charge >= 0.3 is 0 Å². The van der Waals surface area contributed by atoms with Crippen molar-refractivity contribution in [2.45, 2.75) is 24.8 Å². The number of anilines is 1. The van der Waals surface area contributed by atoms with Crippen molar-refractivity contribution >= 4 is 34.9 Å². The summed E-state index contributed by atoms with van der Waals surface area (Å²) in [6.45, 7) is 1.44. The van der Waals surface area contributed by atoms with Crippen molar-refractivity contribution in [2.75, 3.05) is 37.9 Å². The SMILES string of the molecule is COCC(C(=O)NCC(O)CSCc1ccccc1)n1ccnc(NCC(=N)C(C)=N)c1=O. The minimum atomic E-state index is -0.959. The van der Waals surface area contributed by atoms with Gasteiger partial charge in [-0.05, 0) is 12.5 Å². The van der Waals surface area contributed by atoms with Crippen molar-refractivity contribution in [3.05, 3.63) is 58.6 Å². The van der Waals surface area contributed by atoms with Crippen LogP contribution in [0.2, 0.25) is 0 Å². The molecule has 0 aliphatic carbocycles. The van der Waals surface area contributed by atoms with Crippen LogP contribution in [0.3, 0.4) is 0 Å². The third-order valence-corrected chi connectivity index (χ3v) is 5.81. The third-order valence-electron chi connectivity index (χ3n) is 4.65. The molecule has 0 saturated carbocycles. The molecule has 1 aromatic heterocycles. The van der Waals surface area contributed by atoms with Crippen LogP contribution in [0.15, 0.2) is 47.5 Å². The summed E-state index contributed by atoms with van der Waals surface area (Å²) in [6, 6.07) is 8.94. The second kappa shape index (κ2) is 13.5. The van der Waals surface area contributed by atoms with E-state index in [1.54, 1.807) is 11.8 Å². The van der Waals surface area contributed by atoms with Crippen LogP contribution in [0.4, 0.5) is 5.82 Å². The van der Waals surface area contributed by atoms with Crippen molar-refractivity contribution in [2.24, 2.45) is 0 Å². The molecule has 11 heteroatoms. The highest BCUT2D eigenvalue weighted by Gasteiger charge is 2.23. The molecule has 0 aliphatic heterocycles. The standard InChI is InChI=1S/C22H30N6O4S/c1-15(23)18(24)11-26-20-22(31)28(9-8-25-20)19(12-32-2)21(30)27-10-17(29)14-33-13-16-6-4-3-5-7-16/h3-9,17,19,23-24,29H,10-14H2,1-2H3,(H,25,26)(H,27,30). The number of ether oxygens (including phenoxy) is 1. The number of hydrogen-bond acceptors (Lipinski definition) is 9. The van der Waals surface area contributed by atoms with E-state index in [-0.39, 0.29) is 36.9 Å². The van der Waals surface area contributed by atoms with Crippen molar-refractivity contribution in [1.82, 2.24) is 14.9 Å². The number of nitrogens with one attached hydrogen (secondary N) is 4. The lowest BCUT2D eigenvalue weighted by molar-refractivity contribution is -0.126. The topological polar surface area (TPSA) is 153 Å². The Morgan fingerprint density at radius 2 is 2.03 bits per heavy atom. The number of methoxy groups -OCH3 is 1. The fraction of sp³-hybridized carbons (Fsp3) is 0.409. The Hall–Kier alpha value is -3.02. The van der Waals surface area contributed by atoms with Gasteiger partial charge in [-0.3, -0.25) is 14.2 Å². The number of carbonyl (C=O) groups is 1. The predicted molar refractivity (Wildman–Crippen MR) is 131 cm³/mol. The summed E-state index contributed by atoms with van der Waals surface area (Å²) in [5.74, 6) is 0.710. The first-order valence-corrected chi connectivity index (χ1v) is 11.5. The van der Waals surface area contributed by atoms with Gasteiger partial charge in [0.25, 0.3) is 5.56 Å². The number of rotatable bonds is 14. The molecule has 2 atom stereocenters. The number of thioether (sulfide) groups is 1. The molecule has 1 amide bonds. The number of benzene rings is 1. The average Bonchev–Trinajstić information content (AvgIpc) is 2.81. The lowest BCUT2D eigenvalue weighted by Crippen LogP contribution is -2.43. The first kappa shape index (κ1) is 26.2. The van der Waals surface area contributed by atoms with Gasteiger partial charge in [0.05, 0.1) is 30.7 Å². The van der Waals surface area contributed by atoms with Crippen molar-refractivity contribution in [3.63, 3.8) is 0 Å². The number of nitrogens with zero attached hydrogens (tertiary/aromatic N) is 2. The van der Waals surface area contributed by atoms with Gasteiger partial charge in [-0.2, -0.15) is 11.8 Å². The van der Waals surface area contributed by atoms with Crippen molar-refractivity contribution in [3.8, 4) is 0 Å². The van der Waals surface area contributed by atoms with Gasteiger partial charge in [0.2, 0.25) is 5.91 Å². The van der Waals surface area contributed by atoms with Crippen LogP contribution < -0.4 is 16.2 Å². The normalized spacial score (nSPS) is 12.6. The van der Waals surface area contributed by atoms with Crippen molar-refractivity contribution in [1.29, 1.82) is 10.8 Å². The molecule has 2 unspecified atom stereocenters. The Morgan fingerprint density at radius 3 is 2.70 bits per heavy atom. The molecule has 1 heterocycles. The van der Waals surface area contributed by atoms with Crippen LogP contribution in [-0.4, -0.2) is 70.7 Å². The van der Waals surface area contributed by atoms with E-state index in [9.17, 15) is 14.7 Å². The highest BCUT2D eigenvalue weighted by Crippen LogP contribution is 2.13. The molecule has 2 rings (SSSR count). The molecule has 178 valence electrons. The Labute approximate surface area is 196 Å². The second-order valence-corrected chi connectivity index (χ2v) is 8.35. The predicted octanol–water partition coefficient (Wildman–Crippen LogP) is 1.31. The molecule has 0 fully saturated rings. The molecule has 0 radical (unpaired) electrons. The third kappa shape index (κ3) is 8.44. The van der Waals surface area contributed by atoms with Crippen LogP contribution in [0.25, 0.3) is 0 Å². The first-order valence-electron chi connectivity index (χ1n) is 10.3. The van der Waals surface area contributed by atoms with E-state index >= 15 is 0 Å². The van der Waals surface area contributed by atoms with Gasteiger partial charge in [0.15, 0.2) is 5.82 Å². The highest BCUT2D eigenvalue weighted by atomic mass is 32.2. The fourth-order valence-electron chi connectivity index (χ4n) is 2.82. The molecular formula is C22H30N6O4S. The first-order chi connectivity index (χ1) is 15.8. The smallest absolute Gasteiger partial charge is 0.294 e. The lowest BCUT2D eigenvalue weighted by Gasteiger charge is -2.20. The number of aliphatic hydroxyl groups excluding tert-OH is 1. The maximum absolute atomic E-state index is 12.8. The van der Waals surface area contributed by atoms with Crippen LogP contribution >= 0.6 is 11.8 Å². The number of hydrogen-bond donors (Lipinski definition) is 5. The summed E-state index contributed by atoms with van der Waals surface area (Å²) < 4.78 is 6.33. The Morgan fingerprint density at radius 1 is 1.30 bits per heavy atom. The number of aromatic nitrogens is 2. The highest BCUT2D eigenvalue weighted by molar-refractivity contribution is 7.98. The molecule has 5 N–H and O–H groups in total. The summed E-state index contributed by atoms with van der Waals surface area (Å²) in [4.78, 5) is 29.6. The zero-order valence-electron chi connectivity index (χ0n) is 18.7. The summed E-state index contributed by atoms with van der Waals surface area (Å²) in [7, 11) is 1.43. The summed E-state index contributed by atoms with van der Waals surface area (Å²) >= 11 is 1.57. The van der Waals surface area contributed by atoms with E-state index in [0.717, 1.165) is 11.3 Å². The maximum atomic E-state index is 12.8. The van der Waals surface area contributed by atoms with Gasteiger partial charge in [-0.25, -0.2) is 4.98 Å². The number of carbonyl (C=O) groups excluding carboxylic acids is 1. The van der Waals surface area contributed by atoms with Gasteiger partial charge < -0.3 is 31.3 Å². The molecule has 0 aliphatic rings. The summed E-state index contributed by atoms with van der Waals surface area (Å²) in [5, 5.41) is 30.8. The molecule has 0 spiro atoms. The number of aliphatic hydroxyl groups is 1. The van der Waals surface area contributed by atoms with Gasteiger partial charge in [-0.15, -0.1) is 0 Å². The summed E-state index contributed by atoms with van der Waals surface area (Å²) in [6.07, 6.45) is 2.01. The van der Waals surface area contributed by atoms with Crippen LogP contribution in [0, 0.1) is 10.8 Å². The Kier molecular flexibility index (Phi) is 10.7. The zero-order chi connectivity index (χ0) is 24.2. The Bertz CT molecular complexity index is 998. The lowest BCUT2D eigenvalue weighted by atomic mass is 10.2. The monoisotopic (exact) mass is 474 g/mol. The molecule has 33 heavy (non-hydrogen) atoms. The maximum Gasteiger partial charge on any atom is 0.294 e. The van der Waals surface area contributed by atoms with Crippen LogP contribution in [0.5, 0.6) is 0 Å². The molecule has 2 aromatic rings. The van der Waals surface area contributed by atoms with Gasteiger partial charge in [-0.1, -0.05) is 30.3 Å². The van der Waals surface area contributed by atoms with E-state index < -0.39 is 23.6 Å². The van der Waals surface area contributed by atoms with Crippen LogP contribution in [-0.2, 0) is 15.3 Å². The molecule has 1 aromatic carbocycles. The number of amides is 1. The fourth-order valence-corrected chi connectivity index (χ4v) is 3.75. The molecule has 0 bridgehead atoms. The minimum absolute atomic E-state index is 0.0249. The molecule has 0 saturated heterocycles. The Balaban J connectivity index is 1.95. The molecule has 10 nitrogen and oxygen atoms in total. The summed E-state index contributed by atoms with van der Waals surface area (Å²) in [5.41, 5.74) is 0.711. The van der Waals surface area contributed by atoms with Gasteiger partial charge in [0, 0.05) is 37.6 Å². The van der Waals surface area contributed by atoms with Gasteiger partial charge in [0.1, 0.15) is 6.04 Å². The second-order valence-electron chi connectivity index (χ2n) is 7.32. The van der Waals surface area contributed by atoms with Crippen molar-refractivity contribution < 1.29 is 14.6 Å². The van der Waals surface area contributed by atoms with E-state index in [2.05, 4.69) is 15.6 Å². The molecular weight excluding hydrogens is 444 g/mol. The van der Waals surface area contributed by atoms with E-state index in [0.29, 0.717) is 5.75 Å². The minimum Gasteiger partial charge on any atom is -0.390 e.